The Labute approximate surface area is 140 Å². The average molecular weight is 314 g/mol. The Hall–Kier alpha value is -1.35. The number of rotatable bonds is 4. The topological polar surface area (TPSA) is 55.1 Å². The van der Waals surface area contributed by atoms with Crippen molar-refractivity contribution in [2.75, 3.05) is 6.54 Å². The van der Waals surface area contributed by atoms with Crippen molar-refractivity contribution in [2.24, 2.45) is 23.5 Å². The van der Waals surface area contributed by atoms with Gasteiger partial charge in [0, 0.05) is 18.5 Å². The monoisotopic (exact) mass is 314 g/mol. The number of aryl methyl sites for hydroxylation is 1. The molecule has 2 bridgehead atoms. The summed E-state index contributed by atoms with van der Waals surface area (Å²) < 4.78 is 0. The number of amides is 1. The summed E-state index contributed by atoms with van der Waals surface area (Å²) in [6.45, 7) is 5.00. The molecule has 23 heavy (non-hydrogen) atoms. The number of hydrogen-bond acceptors (Lipinski definition) is 2. The third-order valence-corrected chi connectivity index (χ3v) is 6.01. The van der Waals surface area contributed by atoms with Gasteiger partial charge in [0.25, 0.3) is 0 Å². The summed E-state index contributed by atoms with van der Waals surface area (Å²) in [5.41, 5.74) is 8.89. The molecule has 1 amide bonds. The molecule has 126 valence electrons. The molecule has 3 heteroatoms. The smallest absolute Gasteiger partial charge is 0.223 e. The van der Waals surface area contributed by atoms with Crippen LogP contribution in [0, 0.1) is 24.7 Å². The number of benzene rings is 1. The average Bonchev–Trinajstić information content (AvgIpc) is 2.52. The number of nitrogens with one attached hydrogen (secondary N) is 1. The van der Waals surface area contributed by atoms with E-state index in [2.05, 4.69) is 43.4 Å². The number of hydrogen-bond donors (Lipinski definition) is 2. The third-order valence-electron chi connectivity index (χ3n) is 6.01. The van der Waals surface area contributed by atoms with Crippen molar-refractivity contribution in [1.29, 1.82) is 0 Å². The zero-order valence-corrected chi connectivity index (χ0v) is 14.4. The summed E-state index contributed by atoms with van der Waals surface area (Å²) in [5, 5.41) is 3.19. The summed E-state index contributed by atoms with van der Waals surface area (Å²) in [6, 6.07) is 8.93. The van der Waals surface area contributed by atoms with E-state index < -0.39 is 0 Å². The van der Waals surface area contributed by atoms with Gasteiger partial charge in [0.2, 0.25) is 5.91 Å². The molecular formula is C20H30N2O. The lowest BCUT2D eigenvalue weighted by atomic mass is 9.65. The maximum Gasteiger partial charge on any atom is 0.223 e. The fourth-order valence-electron chi connectivity index (χ4n) is 4.41. The highest BCUT2D eigenvalue weighted by Gasteiger charge is 2.40. The van der Waals surface area contributed by atoms with E-state index in [1.807, 2.05) is 0 Å². The lowest BCUT2D eigenvalue weighted by molar-refractivity contribution is -0.127. The van der Waals surface area contributed by atoms with E-state index in [0.717, 1.165) is 19.4 Å². The number of fused-ring (bicyclic) bond motifs is 2. The van der Waals surface area contributed by atoms with Gasteiger partial charge in [-0.1, -0.05) is 43.2 Å². The molecule has 0 saturated heterocycles. The van der Waals surface area contributed by atoms with Crippen molar-refractivity contribution in [3.63, 3.8) is 0 Å². The van der Waals surface area contributed by atoms with Crippen LogP contribution in [0.25, 0.3) is 0 Å². The second kappa shape index (κ2) is 7.04. The molecule has 1 aromatic rings. The molecule has 2 aliphatic carbocycles. The predicted octanol–water partition coefficient (Wildman–Crippen LogP) is 3.37. The maximum absolute atomic E-state index is 12.6. The van der Waals surface area contributed by atoms with Crippen molar-refractivity contribution in [3.05, 3.63) is 35.4 Å². The highest BCUT2D eigenvalue weighted by molar-refractivity contribution is 5.78. The molecular weight excluding hydrogens is 284 g/mol. The molecule has 0 spiro atoms. The van der Waals surface area contributed by atoms with Crippen LogP contribution in [-0.4, -0.2) is 18.5 Å². The fraction of sp³-hybridized carbons (Fsp3) is 0.650. The molecule has 2 fully saturated rings. The van der Waals surface area contributed by atoms with Crippen molar-refractivity contribution in [3.8, 4) is 0 Å². The van der Waals surface area contributed by atoms with E-state index in [-0.39, 0.29) is 11.8 Å². The van der Waals surface area contributed by atoms with E-state index in [4.69, 9.17) is 5.73 Å². The lowest BCUT2D eigenvalue weighted by Gasteiger charge is -2.43. The quantitative estimate of drug-likeness (QED) is 0.895. The first kappa shape index (κ1) is 16.5. The third kappa shape index (κ3) is 3.77. The van der Waals surface area contributed by atoms with E-state index in [1.54, 1.807) is 0 Å². The van der Waals surface area contributed by atoms with Crippen LogP contribution in [-0.2, 0) is 4.79 Å². The molecule has 2 saturated carbocycles. The summed E-state index contributed by atoms with van der Waals surface area (Å²) in [4.78, 5) is 12.6. The number of nitrogens with two attached hydrogens (primary N) is 1. The molecule has 0 aliphatic heterocycles. The largest absolute Gasteiger partial charge is 0.355 e. The number of carbonyl (C=O) groups is 1. The van der Waals surface area contributed by atoms with Crippen molar-refractivity contribution < 1.29 is 4.79 Å². The van der Waals surface area contributed by atoms with E-state index in [9.17, 15) is 4.79 Å². The predicted molar refractivity (Wildman–Crippen MR) is 94.1 cm³/mol. The zero-order chi connectivity index (χ0) is 16.4. The van der Waals surface area contributed by atoms with Crippen LogP contribution in [0.3, 0.4) is 0 Å². The van der Waals surface area contributed by atoms with Gasteiger partial charge in [0.15, 0.2) is 0 Å². The minimum Gasteiger partial charge on any atom is -0.355 e. The van der Waals surface area contributed by atoms with Gasteiger partial charge in [-0.15, -0.1) is 0 Å². The first-order chi connectivity index (χ1) is 11.0. The van der Waals surface area contributed by atoms with Crippen LogP contribution in [0.4, 0.5) is 0 Å². The summed E-state index contributed by atoms with van der Waals surface area (Å²) >= 11 is 0. The van der Waals surface area contributed by atoms with Gasteiger partial charge in [-0.05, 0) is 55.9 Å². The van der Waals surface area contributed by atoms with Gasteiger partial charge in [-0.3, -0.25) is 4.79 Å². The van der Waals surface area contributed by atoms with Crippen molar-refractivity contribution >= 4 is 5.91 Å². The number of carbonyl (C=O) groups excluding carboxylic acids is 1. The van der Waals surface area contributed by atoms with Crippen LogP contribution in [0.15, 0.2) is 24.3 Å². The molecule has 2 aliphatic rings. The molecule has 0 radical (unpaired) electrons. The van der Waals surface area contributed by atoms with Crippen LogP contribution in [0.1, 0.15) is 56.1 Å². The standard InChI is InChI=1S/C20H30N2O/c1-13-6-8-15(9-7-13)14(2)12-22-20(23)18-10-16-4-3-5-17(11-18)19(16)21/h6-9,14,16-19H,3-5,10-12,21H2,1-2H3,(H,22,23). The first-order valence-electron chi connectivity index (χ1n) is 9.14. The summed E-state index contributed by atoms with van der Waals surface area (Å²) in [6.07, 6.45) is 5.69. The highest BCUT2D eigenvalue weighted by Crippen LogP contribution is 2.41. The summed E-state index contributed by atoms with van der Waals surface area (Å²) in [7, 11) is 0. The molecule has 3 unspecified atom stereocenters. The van der Waals surface area contributed by atoms with Crippen LogP contribution in [0.2, 0.25) is 0 Å². The summed E-state index contributed by atoms with van der Waals surface area (Å²) in [5.74, 6) is 1.90. The van der Waals surface area contributed by atoms with Crippen LogP contribution >= 0.6 is 0 Å². The normalized spacial score (nSPS) is 31.4. The van der Waals surface area contributed by atoms with Crippen LogP contribution < -0.4 is 11.1 Å². The Morgan fingerprint density at radius 1 is 1.22 bits per heavy atom. The lowest BCUT2D eigenvalue weighted by Crippen LogP contribution is -2.49. The Kier molecular flexibility index (Phi) is 5.05. The molecule has 3 atom stereocenters. The Balaban J connectivity index is 1.52. The molecule has 1 aromatic carbocycles. The van der Waals surface area contributed by atoms with E-state index in [0.29, 0.717) is 23.8 Å². The molecule has 3 N–H and O–H groups in total. The van der Waals surface area contributed by atoms with Crippen molar-refractivity contribution in [2.45, 2.75) is 57.9 Å². The molecule has 3 rings (SSSR count). The Morgan fingerprint density at radius 2 is 1.83 bits per heavy atom. The second-order valence-corrected chi connectivity index (χ2v) is 7.75. The van der Waals surface area contributed by atoms with Gasteiger partial charge >= 0.3 is 0 Å². The fourth-order valence-corrected chi connectivity index (χ4v) is 4.41. The van der Waals surface area contributed by atoms with Gasteiger partial charge in [-0.2, -0.15) is 0 Å². The Morgan fingerprint density at radius 3 is 2.43 bits per heavy atom. The van der Waals surface area contributed by atoms with Gasteiger partial charge in [-0.25, -0.2) is 0 Å². The minimum atomic E-state index is 0.176. The second-order valence-electron chi connectivity index (χ2n) is 7.75. The van der Waals surface area contributed by atoms with E-state index in [1.165, 1.54) is 30.4 Å². The first-order valence-corrected chi connectivity index (χ1v) is 9.14. The van der Waals surface area contributed by atoms with Crippen LogP contribution in [0.5, 0.6) is 0 Å². The molecule has 0 aromatic heterocycles. The van der Waals surface area contributed by atoms with Gasteiger partial charge < -0.3 is 11.1 Å². The van der Waals surface area contributed by atoms with E-state index >= 15 is 0 Å². The Bertz CT molecular complexity index is 525. The van der Waals surface area contributed by atoms with Gasteiger partial charge in [0.1, 0.15) is 0 Å². The highest BCUT2D eigenvalue weighted by atomic mass is 16.1. The zero-order valence-electron chi connectivity index (χ0n) is 14.4. The molecule has 0 heterocycles. The SMILES string of the molecule is Cc1ccc(C(C)CNC(=O)C2CC3CCCC(C2)C3N)cc1. The maximum atomic E-state index is 12.6. The van der Waals surface area contributed by atoms with Gasteiger partial charge in [0.05, 0.1) is 0 Å². The minimum absolute atomic E-state index is 0.176. The van der Waals surface area contributed by atoms with Crippen molar-refractivity contribution in [1.82, 2.24) is 5.32 Å². The molecule has 3 nitrogen and oxygen atoms in total.